The summed E-state index contributed by atoms with van der Waals surface area (Å²) in [4.78, 5) is 5.72. The molecule has 0 saturated heterocycles. The van der Waals surface area contributed by atoms with Crippen LogP contribution in [0.5, 0.6) is 0 Å². The molecule has 23 heavy (non-hydrogen) atoms. The number of benzene rings is 2. The van der Waals surface area contributed by atoms with Crippen molar-refractivity contribution in [3.63, 3.8) is 0 Å². The molecule has 0 unspecified atom stereocenters. The predicted molar refractivity (Wildman–Crippen MR) is 79.2 cm³/mol. The van der Waals surface area contributed by atoms with Gasteiger partial charge in [-0.05, 0) is 35.4 Å². The molecule has 2 heterocycles. The first kappa shape index (κ1) is 13.9. The number of fused-ring (bicyclic) bond motifs is 2. The van der Waals surface area contributed by atoms with Crippen molar-refractivity contribution in [2.75, 3.05) is 0 Å². The SMILES string of the molecule is Fc1ccc2[nH]cc(Cc3c[nH]c4ccc(F)c(F)c34)c2c1F. The Morgan fingerprint density at radius 1 is 0.652 bits per heavy atom. The molecule has 2 aromatic heterocycles. The van der Waals surface area contributed by atoms with Crippen LogP contribution in [0, 0.1) is 23.3 Å². The van der Waals surface area contributed by atoms with Crippen LogP contribution >= 0.6 is 0 Å². The van der Waals surface area contributed by atoms with Crippen molar-refractivity contribution in [3.8, 4) is 0 Å². The lowest BCUT2D eigenvalue weighted by atomic mass is 10.0. The van der Waals surface area contributed by atoms with Crippen molar-refractivity contribution in [1.29, 1.82) is 0 Å². The van der Waals surface area contributed by atoms with Gasteiger partial charge in [-0.1, -0.05) is 0 Å². The topological polar surface area (TPSA) is 31.6 Å². The molecule has 0 bridgehead atoms. The van der Waals surface area contributed by atoms with Gasteiger partial charge in [0.05, 0.1) is 0 Å². The molecule has 6 heteroatoms. The standard InChI is InChI=1S/C17H10F4N2/c18-10-1-3-12-14(16(10)20)8(6-22-12)5-9-7-23-13-4-2-11(19)17(21)15(9)13/h1-4,6-7,22-23H,5H2. The Balaban J connectivity index is 1.89. The summed E-state index contributed by atoms with van der Waals surface area (Å²) in [6.07, 6.45) is 3.23. The fourth-order valence-electron chi connectivity index (χ4n) is 2.93. The lowest BCUT2D eigenvalue weighted by Gasteiger charge is -2.02. The molecule has 2 aromatic carbocycles. The highest BCUT2D eigenvalue weighted by Crippen LogP contribution is 2.29. The molecule has 4 aromatic rings. The number of rotatable bonds is 2. The first-order chi connectivity index (χ1) is 11.1. The third-order valence-electron chi connectivity index (χ3n) is 4.02. The minimum absolute atomic E-state index is 0.121. The van der Waals surface area contributed by atoms with E-state index >= 15 is 0 Å². The minimum atomic E-state index is -0.953. The van der Waals surface area contributed by atoms with E-state index in [1.54, 1.807) is 12.4 Å². The van der Waals surface area contributed by atoms with Crippen LogP contribution in [0.15, 0.2) is 36.7 Å². The maximum atomic E-state index is 14.0. The van der Waals surface area contributed by atoms with Gasteiger partial charge in [0, 0.05) is 40.6 Å². The summed E-state index contributed by atoms with van der Waals surface area (Å²) in [5.41, 5.74) is 1.85. The first-order valence-corrected chi connectivity index (χ1v) is 6.94. The number of nitrogens with one attached hydrogen (secondary N) is 2. The van der Waals surface area contributed by atoms with E-state index in [0.717, 1.165) is 12.1 Å². The Morgan fingerprint density at radius 3 is 1.52 bits per heavy atom. The summed E-state index contributed by atoms with van der Waals surface area (Å²) >= 11 is 0. The third-order valence-corrected chi connectivity index (χ3v) is 4.02. The lowest BCUT2D eigenvalue weighted by Crippen LogP contribution is -1.92. The Morgan fingerprint density at radius 2 is 1.09 bits per heavy atom. The molecule has 0 radical (unpaired) electrons. The van der Waals surface area contributed by atoms with E-state index in [9.17, 15) is 17.6 Å². The van der Waals surface area contributed by atoms with Crippen LogP contribution in [0.25, 0.3) is 21.8 Å². The lowest BCUT2D eigenvalue weighted by molar-refractivity contribution is 0.516. The maximum Gasteiger partial charge on any atom is 0.168 e. The second kappa shape index (κ2) is 4.87. The quantitative estimate of drug-likeness (QED) is 0.498. The summed E-state index contributed by atoms with van der Waals surface area (Å²) in [6, 6.07) is 4.96. The van der Waals surface area contributed by atoms with Gasteiger partial charge < -0.3 is 9.97 Å². The molecule has 2 N–H and O–H groups in total. The number of hydrogen-bond acceptors (Lipinski definition) is 0. The minimum Gasteiger partial charge on any atom is -0.361 e. The fraction of sp³-hybridized carbons (Fsp3) is 0.0588. The Labute approximate surface area is 127 Å². The molecule has 0 aliphatic rings. The van der Waals surface area contributed by atoms with Crippen molar-refractivity contribution < 1.29 is 17.6 Å². The van der Waals surface area contributed by atoms with E-state index in [1.807, 2.05) is 0 Å². The summed E-state index contributed by atoms with van der Waals surface area (Å²) in [6.45, 7) is 0. The molecule has 0 amide bonds. The van der Waals surface area contributed by atoms with Crippen LogP contribution in [0.1, 0.15) is 11.1 Å². The Hall–Kier alpha value is -2.76. The molecule has 4 rings (SSSR count). The van der Waals surface area contributed by atoms with E-state index in [0.29, 0.717) is 22.2 Å². The van der Waals surface area contributed by atoms with Crippen molar-refractivity contribution in [2.45, 2.75) is 6.42 Å². The highest BCUT2D eigenvalue weighted by atomic mass is 19.2. The number of hydrogen-bond donors (Lipinski definition) is 2. The molecule has 0 atom stereocenters. The van der Waals surface area contributed by atoms with Crippen LogP contribution in [0.3, 0.4) is 0 Å². The molecule has 0 aliphatic carbocycles. The average molecular weight is 318 g/mol. The molecule has 0 aliphatic heterocycles. The van der Waals surface area contributed by atoms with Crippen molar-refractivity contribution in [1.82, 2.24) is 9.97 Å². The van der Waals surface area contributed by atoms with Crippen LogP contribution in [0.4, 0.5) is 17.6 Å². The molecule has 2 nitrogen and oxygen atoms in total. The number of halogens is 4. The third kappa shape index (κ3) is 2.02. The number of aromatic amines is 2. The second-order valence-electron chi connectivity index (χ2n) is 5.37. The summed E-state index contributed by atoms with van der Waals surface area (Å²) in [5.74, 6) is -3.81. The smallest absolute Gasteiger partial charge is 0.168 e. The van der Waals surface area contributed by atoms with E-state index < -0.39 is 23.3 Å². The van der Waals surface area contributed by atoms with E-state index in [2.05, 4.69) is 9.97 Å². The van der Waals surface area contributed by atoms with Gasteiger partial charge in [-0.15, -0.1) is 0 Å². The van der Waals surface area contributed by atoms with Crippen molar-refractivity contribution >= 4 is 21.8 Å². The van der Waals surface area contributed by atoms with E-state index in [1.165, 1.54) is 12.1 Å². The van der Waals surface area contributed by atoms with Gasteiger partial charge in [0.15, 0.2) is 23.3 Å². The molecule has 0 spiro atoms. The van der Waals surface area contributed by atoms with Crippen LogP contribution < -0.4 is 0 Å². The molecule has 116 valence electrons. The predicted octanol–water partition coefficient (Wildman–Crippen LogP) is 4.80. The largest absolute Gasteiger partial charge is 0.361 e. The average Bonchev–Trinajstić information content (AvgIpc) is 3.13. The zero-order valence-electron chi connectivity index (χ0n) is 11.7. The van der Waals surface area contributed by atoms with E-state index in [4.69, 9.17) is 0 Å². The van der Waals surface area contributed by atoms with Gasteiger partial charge >= 0.3 is 0 Å². The van der Waals surface area contributed by atoms with Crippen LogP contribution in [-0.4, -0.2) is 9.97 Å². The van der Waals surface area contributed by atoms with Crippen molar-refractivity contribution in [3.05, 3.63) is 71.1 Å². The molecular formula is C17H10F4N2. The van der Waals surface area contributed by atoms with Crippen LogP contribution in [-0.2, 0) is 6.42 Å². The number of H-pyrrole nitrogens is 2. The van der Waals surface area contributed by atoms with Gasteiger partial charge in [-0.25, -0.2) is 17.6 Å². The van der Waals surface area contributed by atoms with Crippen LogP contribution in [0.2, 0.25) is 0 Å². The van der Waals surface area contributed by atoms with Gasteiger partial charge in [-0.3, -0.25) is 0 Å². The summed E-state index contributed by atoms with van der Waals surface area (Å²) in [7, 11) is 0. The van der Waals surface area contributed by atoms with Gasteiger partial charge in [0.2, 0.25) is 0 Å². The Kier molecular flexibility index (Phi) is 2.94. The second-order valence-corrected chi connectivity index (χ2v) is 5.37. The van der Waals surface area contributed by atoms with Gasteiger partial charge in [0.1, 0.15) is 0 Å². The molecule has 0 fully saturated rings. The van der Waals surface area contributed by atoms with Gasteiger partial charge in [-0.2, -0.15) is 0 Å². The van der Waals surface area contributed by atoms with E-state index in [-0.39, 0.29) is 17.2 Å². The van der Waals surface area contributed by atoms with Gasteiger partial charge in [0.25, 0.3) is 0 Å². The summed E-state index contributed by atoms with van der Waals surface area (Å²) in [5, 5.41) is 0.243. The molecule has 0 saturated carbocycles. The zero-order valence-corrected chi connectivity index (χ0v) is 11.7. The normalized spacial score (nSPS) is 11.7. The highest BCUT2D eigenvalue weighted by molar-refractivity contribution is 5.87. The molecular weight excluding hydrogens is 308 g/mol. The highest BCUT2D eigenvalue weighted by Gasteiger charge is 2.17. The first-order valence-electron chi connectivity index (χ1n) is 6.94. The monoisotopic (exact) mass is 318 g/mol. The Bertz CT molecular complexity index is 962. The van der Waals surface area contributed by atoms with Crippen molar-refractivity contribution in [2.24, 2.45) is 0 Å². The zero-order chi connectivity index (χ0) is 16.1. The number of aromatic nitrogens is 2. The fourth-order valence-corrected chi connectivity index (χ4v) is 2.93. The maximum absolute atomic E-state index is 14.0. The summed E-state index contributed by atoms with van der Waals surface area (Å²) < 4.78 is 55.0.